The second-order valence-corrected chi connectivity index (χ2v) is 6.74. The molecule has 2 rings (SSSR count). The summed E-state index contributed by atoms with van der Waals surface area (Å²) in [5, 5.41) is 0.622. The molecule has 0 radical (unpaired) electrons. The number of nitrogens with zero attached hydrogens (tertiary/aromatic N) is 1. The highest BCUT2D eigenvalue weighted by Gasteiger charge is 2.44. The zero-order chi connectivity index (χ0) is 12.5. The standard InChI is InChI=1S/C15H25NS/c1-12(2)16-11-7-8-13(16)15(3)10-6-5-9-14(15)17-4/h5-6,9-10,12-14H,7-8,11H2,1-4H3/t13-,14?,15?/m1/s1. The molecule has 0 spiro atoms. The molecule has 17 heavy (non-hydrogen) atoms. The van der Waals surface area contributed by atoms with Gasteiger partial charge in [0.1, 0.15) is 0 Å². The van der Waals surface area contributed by atoms with E-state index in [-0.39, 0.29) is 0 Å². The Hall–Kier alpha value is -0.210. The van der Waals surface area contributed by atoms with Gasteiger partial charge < -0.3 is 0 Å². The Labute approximate surface area is 110 Å². The number of hydrogen-bond acceptors (Lipinski definition) is 2. The number of thioether (sulfide) groups is 1. The third-order valence-electron chi connectivity index (χ3n) is 4.39. The molecule has 1 fully saturated rings. The van der Waals surface area contributed by atoms with E-state index in [4.69, 9.17) is 0 Å². The van der Waals surface area contributed by atoms with Gasteiger partial charge in [0, 0.05) is 22.7 Å². The molecule has 0 bridgehead atoms. The van der Waals surface area contributed by atoms with Gasteiger partial charge in [0.25, 0.3) is 0 Å². The average molecular weight is 251 g/mol. The lowest BCUT2D eigenvalue weighted by molar-refractivity contribution is 0.122. The van der Waals surface area contributed by atoms with Crippen molar-refractivity contribution in [1.82, 2.24) is 4.90 Å². The highest BCUT2D eigenvalue weighted by molar-refractivity contribution is 7.99. The van der Waals surface area contributed by atoms with Crippen LogP contribution in [0, 0.1) is 5.41 Å². The quantitative estimate of drug-likeness (QED) is 0.752. The van der Waals surface area contributed by atoms with Gasteiger partial charge in [0.2, 0.25) is 0 Å². The van der Waals surface area contributed by atoms with E-state index in [2.05, 4.69) is 56.2 Å². The van der Waals surface area contributed by atoms with Gasteiger partial charge in [-0.15, -0.1) is 0 Å². The largest absolute Gasteiger partial charge is 0.297 e. The second-order valence-electron chi connectivity index (χ2n) is 5.76. The minimum atomic E-state index is 0.301. The first-order valence-corrected chi connectivity index (χ1v) is 8.03. The summed E-state index contributed by atoms with van der Waals surface area (Å²) in [5.74, 6) is 0. The van der Waals surface area contributed by atoms with E-state index >= 15 is 0 Å². The first-order chi connectivity index (χ1) is 8.09. The predicted molar refractivity (Wildman–Crippen MR) is 78.6 cm³/mol. The molecule has 96 valence electrons. The molecule has 1 heterocycles. The van der Waals surface area contributed by atoms with Gasteiger partial charge in [-0.25, -0.2) is 0 Å². The molecule has 1 nitrogen and oxygen atoms in total. The molecule has 2 unspecified atom stereocenters. The monoisotopic (exact) mass is 251 g/mol. The molecule has 0 aromatic carbocycles. The predicted octanol–water partition coefficient (Wildman–Crippen LogP) is 3.72. The summed E-state index contributed by atoms with van der Waals surface area (Å²) in [6.45, 7) is 8.38. The molecule has 0 aromatic rings. The highest BCUT2D eigenvalue weighted by Crippen LogP contribution is 2.44. The Morgan fingerprint density at radius 1 is 1.35 bits per heavy atom. The maximum absolute atomic E-state index is 2.70. The first-order valence-electron chi connectivity index (χ1n) is 6.74. The van der Waals surface area contributed by atoms with Crippen LogP contribution in [0.4, 0.5) is 0 Å². The minimum Gasteiger partial charge on any atom is -0.297 e. The summed E-state index contributed by atoms with van der Waals surface area (Å²) in [5.41, 5.74) is 0.301. The molecule has 1 saturated heterocycles. The normalized spacial score (nSPS) is 38.2. The number of hydrogen-bond donors (Lipinski definition) is 0. The van der Waals surface area contributed by atoms with Crippen LogP contribution in [0.3, 0.4) is 0 Å². The molecule has 0 amide bonds. The fourth-order valence-electron chi connectivity index (χ4n) is 3.44. The summed E-state index contributed by atoms with van der Waals surface area (Å²) < 4.78 is 0. The summed E-state index contributed by atoms with van der Waals surface area (Å²) in [4.78, 5) is 2.70. The molecule has 2 aliphatic rings. The first kappa shape index (κ1) is 13.2. The van der Waals surface area contributed by atoms with E-state index in [0.29, 0.717) is 22.7 Å². The SMILES string of the molecule is CSC1C=CC=CC1(C)[C@H]1CCCN1C(C)C. The Morgan fingerprint density at radius 3 is 2.76 bits per heavy atom. The average Bonchev–Trinajstić information content (AvgIpc) is 2.79. The van der Waals surface area contributed by atoms with Crippen molar-refractivity contribution in [3.63, 3.8) is 0 Å². The fourth-order valence-corrected chi connectivity index (χ4v) is 4.43. The number of rotatable bonds is 3. The highest BCUT2D eigenvalue weighted by atomic mass is 32.2. The zero-order valence-corrected chi connectivity index (χ0v) is 12.3. The van der Waals surface area contributed by atoms with Gasteiger partial charge in [-0.3, -0.25) is 4.90 Å². The molecule has 0 saturated carbocycles. The fraction of sp³-hybridized carbons (Fsp3) is 0.733. The van der Waals surface area contributed by atoms with Crippen LogP contribution in [0.15, 0.2) is 24.3 Å². The van der Waals surface area contributed by atoms with Gasteiger partial charge >= 0.3 is 0 Å². The summed E-state index contributed by atoms with van der Waals surface area (Å²) in [6.07, 6.45) is 14.2. The van der Waals surface area contributed by atoms with Crippen molar-refractivity contribution in [1.29, 1.82) is 0 Å². The lowest BCUT2D eigenvalue weighted by Gasteiger charge is -2.45. The van der Waals surface area contributed by atoms with Crippen LogP contribution in [0.1, 0.15) is 33.6 Å². The van der Waals surface area contributed by atoms with E-state index in [1.165, 1.54) is 19.4 Å². The van der Waals surface area contributed by atoms with Gasteiger partial charge in [-0.05, 0) is 39.5 Å². The summed E-state index contributed by atoms with van der Waals surface area (Å²) in [6, 6.07) is 1.38. The van der Waals surface area contributed by atoms with Crippen molar-refractivity contribution in [2.24, 2.45) is 5.41 Å². The van der Waals surface area contributed by atoms with E-state index in [9.17, 15) is 0 Å². The molecule has 3 atom stereocenters. The van der Waals surface area contributed by atoms with Crippen molar-refractivity contribution < 1.29 is 0 Å². The number of likely N-dealkylation sites (tertiary alicyclic amines) is 1. The van der Waals surface area contributed by atoms with Gasteiger partial charge in [0.05, 0.1) is 0 Å². The number of allylic oxidation sites excluding steroid dienone is 2. The molecule has 2 heteroatoms. The van der Waals surface area contributed by atoms with Crippen LogP contribution < -0.4 is 0 Å². The van der Waals surface area contributed by atoms with Crippen molar-refractivity contribution in [2.75, 3.05) is 12.8 Å². The van der Waals surface area contributed by atoms with Crippen molar-refractivity contribution in [2.45, 2.75) is 50.9 Å². The lowest BCUT2D eigenvalue weighted by atomic mass is 9.75. The summed E-state index contributed by atoms with van der Waals surface area (Å²) >= 11 is 1.99. The lowest BCUT2D eigenvalue weighted by Crippen LogP contribution is -2.49. The molecular weight excluding hydrogens is 226 g/mol. The minimum absolute atomic E-state index is 0.301. The molecular formula is C15H25NS. The van der Waals surface area contributed by atoms with E-state index in [1.54, 1.807) is 0 Å². The van der Waals surface area contributed by atoms with Crippen LogP contribution in [0.25, 0.3) is 0 Å². The van der Waals surface area contributed by atoms with Gasteiger partial charge in [-0.2, -0.15) is 11.8 Å². The van der Waals surface area contributed by atoms with Crippen LogP contribution in [0.2, 0.25) is 0 Å². The van der Waals surface area contributed by atoms with Crippen molar-refractivity contribution >= 4 is 11.8 Å². The van der Waals surface area contributed by atoms with Crippen LogP contribution in [-0.2, 0) is 0 Å². The van der Waals surface area contributed by atoms with Crippen LogP contribution in [0.5, 0.6) is 0 Å². The third-order valence-corrected chi connectivity index (χ3v) is 5.57. The smallest absolute Gasteiger partial charge is 0.0330 e. The van der Waals surface area contributed by atoms with E-state index in [1.807, 2.05) is 11.8 Å². The summed E-state index contributed by atoms with van der Waals surface area (Å²) in [7, 11) is 0. The van der Waals surface area contributed by atoms with Crippen molar-refractivity contribution in [3.05, 3.63) is 24.3 Å². The Kier molecular flexibility index (Phi) is 4.04. The maximum atomic E-state index is 2.70. The molecule has 0 N–H and O–H groups in total. The Morgan fingerprint density at radius 2 is 2.12 bits per heavy atom. The van der Waals surface area contributed by atoms with Gasteiger partial charge in [-0.1, -0.05) is 31.2 Å². The molecule has 0 aromatic heterocycles. The molecule has 1 aliphatic heterocycles. The van der Waals surface area contributed by atoms with E-state index in [0.717, 1.165) is 0 Å². The second kappa shape index (κ2) is 5.19. The Bertz CT molecular complexity index is 321. The molecule has 1 aliphatic carbocycles. The maximum Gasteiger partial charge on any atom is 0.0330 e. The van der Waals surface area contributed by atoms with Gasteiger partial charge in [0.15, 0.2) is 0 Å². The van der Waals surface area contributed by atoms with Crippen LogP contribution >= 0.6 is 11.8 Å². The topological polar surface area (TPSA) is 3.24 Å². The van der Waals surface area contributed by atoms with Crippen LogP contribution in [-0.4, -0.2) is 35.0 Å². The Balaban J connectivity index is 2.24. The third kappa shape index (κ3) is 2.34. The zero-order valence-electron chi connectivity index (χ0n) is 11.5. The van der Waals surface area contributed by atoms with E-state index < -0.39 is 0 Å². The van der Waals surface area contributed by atoms with Crippen molar-refractivity contribution in [3.8, 4) is 0 Å².